The second-order valence-electron chi connectivity index (χ2n) is 7.95. The van der Waals surface area contributed by atoms with Crippen LogP contribution >= 0.6 is 0 Å². The Bertz CT molecular complexity index is 565. The van der Waals surface area contributed by atoms with E-state index >= 15 is 0 Å². The average molecular weight is 379 g/mol. The van der Waals surface area contributed by atoms with Gasteiger partial charge in [0.1, 0.15) is 11.2 Å². The molecule has 4 atom stereocenters. The van der Waals surface area contributed by atoms with Crippen LogP contribution in [0.4, 0.5) is 0 Å². The van der Waals surface area contributed by atoms with E-state index in [9.17, 15) is 0 Å². The largest absolute Gasteiger partial charge is 0.396 e. The number of methoxy groups -OCH3 is 2. The molecule has 1 aromatic rings. The van der Waals surface area contributed by atoms with Gasteiger partial charge in [0.2, 0.25) is 0 Å². The van der Waals surface area contributed by atoms with Crippen molar-refractivity contribution in [3.63, 3.8) is 0 Å². The summed E-state index contributed by atoms with van der Waals surface area (Å²) in [4.78, 5) is 0. The number of epoxide rings is 2. The summed E-state index contributed by atoms with van der Waals surface area (Å²) in [7, 11) is 3.47. The maximum atomic E-state index is 9.02. The van der Waals surface area contributed by atoms with Crippen LogP contribution in [0.15, 0.2) is 30.3 Å². The zero-order valence-corrected chi connectivity index (χ0v) is 16.7. The third-order valence-electron chi connectivity index (χ3n) is 5.97. The molecule has 0 amide bonds. The van der Waals surface area contributed by atoms with E-state index < -0.39 is 0 Å². The van der Waals surface area contributed by atoms with Crippen molar-refractivity contribution in [2.24, 2.45) is 0 Å². The first-order chi connectivity index (χ1) is 13.2. The van der Waals surface area contributed by atoms with Gasteiger partial charge in [0, 0.05) is 20.8 Å². The summed E-state index contributed by atoms with van der Waals surface area (Å²) < 4.78 is 23.0. The molecule has 0 bridgehead atoms. The highest BCUT2D eigenvalue weighted by Gasteiger charge is 2.60. The lowest BCUT2D eigenvalue weighted by molar-refractivity contribution is 0.112. The number of aliphatic hydroxyl groups is 1. The van der Waals surface area contributed by atoms with E-state index in [1.807, 2.05) is 0 Å². The lowest BCUT2D eigenvalue weighted by atomic mass is 9.91. The molecule has 0 aliphatic carbocycles. The summed E-state index contributed by atoms with van der Waals surface area (Å²) in [6.45, 7) is 1.50. The molecule has 2 saturated heterocycles. The third kappa shape index (κ3) is 5.30. The lowest BCUT2D eigenvalue weighted by Crippen LogP contribution is -2.26. The zero-order valence-electron chi connectivity index (χ0n) is 16.7. The molecule has 2 heterocycles. The molecule has 5 nitrogen and oxygen atoms in total. The highest BCUT2D eigenvalue weighted by molar-refractivity contribution is 5.16. The molecule has 5 heteroatoms. The average Bonchev–Trinajstić information content (AvgIpc) is 3.56. The minimum atomic E-state index is -0.160. The van der Waals surface area contributed by atoms with Crippen molar-refractivity contribution < 1.29 is 24.1 Å². The van der Waals surface area contributed by atoms with Crippen LogP contribution in [0.5, 0.6) is 0 Å². The highest BCUT2D eigenvalue weighted by atomic mass is 16.6. The molecule has 0 saturated carbocycles. The quantitative estimate of drug-likeness (QED) is 0.398. The fourth-order valence-electron chi connectivity index (χ4n) is 4.32. The first-order valence-electron chi connectivity index (χ1n) is 10.2. The van der Waals surface area contributed by atoms with Gasteiger partial charge in [-0.1, -0.05) is 30.3 Å². The number of hydrogen-bond donors (Lipinski definition) is 1. The number of unbranched alkanes of at least 4 members (excludes halogenated alkanes) is 1. The molecule has 1 aromatic carbocycles. The summed E-state index contributed by atoms with van der Waals surface area (Å²) in [5, 5.41) is 9.02. The van der Waals surface area contributed by atoms with Crippen LogP contribution in [0.1, 0.15) is 44.1 Å². The Morgan fingerprint density at radius 3 is 2.15 bits per heavy atom. The van der Waals surface area contributed by atoms with Crippen LogP contribution < -0.4 is 0 Å². The van der Waals surface area contributed by atoms with Crippen molar-refractivity contribution in [2.45, 2.75) is 68.4 Å². The molecule has 2 aliphatic heterocycles. The topological polar surface area (TPSA) is 63.8 Å². The fourth-order valence-corrected chi connectivity index (χ4v) is 4.32. The van der Waals surface area contributed by atoms with E-state index in [1.165, 1.54) is 5.56 Å². The highest BCUT2D eigenvalue weighted by Crippen LogP contribution is 2.49. The molecule has 1 N–H and O–H groups in total. The van der Waals surface area contributed by atoms with Gasteiger partial charge in [0.25, 0.3) is 0 Å². The van der Waals surface area contributed by atoms with Crippen LogP contribution in [0.2, 0.25) is 0 Å². The summed E-state index contributed by atoms with van der Waals surface area (Å²) in [6, 6.07) is 10.6. The van der Waals surface area contributed by atoms with Gasteiger partial charge in [0.05, 0.1) is 25.4 Å². The van der Waals surface area contributed by atoms with Gasteiger partial charge in [-0.3, -0.25) is 0 Å². The predicted octanol–water partition coefficient (Wildman–Crippen LogP) is 3.13. The van der Waals surface area contributed by atoms with E-state index in [2.05, 4.69) is 30.3 Å². The first-order valence-corrected chi connectivity index (χ1v) is 10.2. The number of aliphatic hydroxyl groups excluding tert-OH is 1. The van der Waals surface area contributed by atoms with Crippen LogP contribution in [0, 0.1) is 0 Å². The van der Waals surface area contributed by atoms with Crippen LogP contribution in [-0.2, 0) is 25.4 Å². The molecular weight excluding hydrogens is 344 g/mol. The molecule has 0 radical (unpaired) electrons. The Labute approximate surface area is 163 Å². The van der Waals surface area contributed by atoms with Gasteiger partial charge < -0.3 is 24.1 Å². The van der Waals surface area contributed by atoms with Crippen molar-refractivity contribution in [1.82, 2.24) is 0 Å². The Morgan fingerprint density at radius 1 is 0.889 bits per heavy atom. The van der Waals surface area contributed by atoms with Crippen LogP contribution in [-0.4, -0.2) is 62.6 Å². The summed E-state index contributed by atoms with van der Waals surface area (Å²) in [6.07, 6.45) is 7.21. The van der Waals surface area contributed by atoms with Gasteiger partial charge in [-0.2, -0.15) is 0 Å². The molecule has 3 rings (SSSR count). The molecular formula is C22H34O5. The van der Waals surface area contributed by atoms with Crippen LogP contribution in [0.3, 0.4) is 0 Å². The summed E-state index contributed by atoms with van der Waals surface area (Å²) in [5.41, 5.74) is 1.04. The second kappa shape index (κ2) is 9.48. The number of benzene rings is 1. The van der Waals surface area contributed by atoms with E-state index in [1.54, 1.807) is 14.2 Å². The Kier molecular flexibility index (Phi) is 7.29. The number of aryl methyl sites for hydroxylation is 1. The SMILES string of the molecule is COC[C@]1(CCCCO)O[C@@H]1CC[C@@]1(COC)O[C@@H]1CCc1ccccc1. The number of ether oxygens (including phenoxy) is 4. The van der Waals surface area contributed by atoms with E-state index in [-0.39, 0.29) is 30.0 Å². The molecule has 2 aliphatic rings. The Hall–Kier alpha value is -0.980. The van der Waals surface area contributed by atoms with Crippen molar-refractivity contribution in [3.8, 4) is 0 Å². The van der Waals surface area contributed by atoms with Crippen molar-refractivity contribution in [2.75, 3.05) is 34.0 Å². The number of rotatable bonds is 14. The summed E-state index contributed by atoms with van der Waals surface area (Å²) in [5.74, 6) is 0. The standard InChI is InChI=1S/C22H34O5/c1-24-16-21(13-6-7-15-23)20(27-21)12-14-22(17-25-2)19(26-22)11-10-18-8-4-3-5-9-18/h3-5,8-9,19-20,23H,6-7,10-17H2,1-2H3/t19-,20-,21+,22+/m1/s1. The normalized spacial score (nSPS) is 31.8. The van der Waals surface area contributed by atoms with Crippen molar-refractivity contribution >= 4 is 0 Å². The minimum Gasteiger partial charge on any atom is -0.396 e. The maximum Gasteiger partial charge on any atom is 0.118 e. The van der Waals surface area contributed by atoms with Gasteiger partial charge >= 0.3 is 0 Å². The smallest absolute Gasteiger partial charge is 0.118 e. The fraction of sp³-hybridized carbons (Fsp3) is 0.727. The van der Waals surface area contributed by atoms with Gasteiger partial charge in [-0.25, -0.2) is 0 Å². The van der Waals surface area contributed by atoms with E-state index in [0.717, 1.165) is 44.9 Å². The Balaban J connectivity index is 1.46. The third-order valence-corrected chi connectivity index (χ3v) is 5.97. The predicted molar refractivity (Wildman–Crippen MR) is 104 cm³/mol. The van der Waals surface area contributed by atoms with Crippen molar-refractivity contribution in [3.05, 3.63) is 35.9 Å². The molecule has 0 spiro atoms. The first kappa shape index (κ1) is 20.7. The number of hydrogen-bond acceptors (Lipinski definition) is 5. The maximum absolute atomic E-state index is 9.02. The van der Waals surface area contributed by atoms with Gasteiger partial charge in [-0.05, 0) is 50.5 Å². The van der Waals surface area contributed by atoms with E-state index in [4.69, 9.17) is 24.1 Å². The van der Waals surface area contributed by atoms with Gasteiger partial charge in [0.15, 0.2) is 0 Å². The summed E-state index contributed by atoms with van der Waals surface area (Å²) >= 11 is 0. The monoisotopic (exact) mass is 378 g/mol. The van der Waals surface area contributed by atoms with Crippen LogP contribution in [0.25, 0.3) is 0 Å². The second-order valence-corrected chi connectivity index (χ2v) is 7.95. The molecule has 2 fully saturated rings. The molecule has 0 unspecified atom stereocenters. The molecule has 0 aromatic heterocycles. The van der Waals surface area contributed by atoms with Crippen molar-refractivity contribution in [1.29, 1.82) is 0 Å². The van der Waals surface area contributed by atoms with Gasteiger partial charge in [-0.15, -0.1) is 0 Å². The molecule has 27 heavy (non-hydrogen) atoms. The Morgan fingerprint density at radius 2 is 1.52 bits per heavy atom. The van der Waals surface area contributed by atoms with E-state index in [0.29, 0.717) is 13.2 Å². The lowest BCUT2D eigenvalue weighted by Gasteiger charge is -2.14. The molecule has 152 valence electrons. The minimum absolute atomic E-state index is 0.153. The zero-order chi connectivity index (χ0) is 19.2.